The van der Waals surface area contributed by atoms with E-state index >= 15 is 0 Å². The van der Waals surface area contributed by atoms with Gasteiger partial charge in [0, 0.05) is 5.69 Å². The molecule has 1 saturated heterocycles. The van der Waals surface area contributed by atoms with E-state index in [0.717, 1.165) is 35.5 Å². The van der Waals surface area contributed by atoms with Crippen molar-refractivity contribution in [3.8, 4) is 0 Å². The van der Waals surface area contributed by atoms with Gasteiger partial charge in [-0.2, -0.15) is 13.2 Å². The van der Waals surface area contributed by atoms with Gasteiger partial charge in [-0.05, 0) is 35.4 Å². The minimum atomic E-state index is -4.33. The molecule has 0 spiro atoms. The summed E-state index contributed by atoms with van der Waals surface area (Å²) in [5.41, 5.74) is 2.25. The molecule has 1 fully saturated rings. The number of rotatable bonds is 4. The molecule has 0 bridgehead atoms. The Labute approximate surface area is 167 Å². The Morgan fingerprint density at radius 2 is 1.48 bits per heavy atom. The molecule has 0 aliphatic carbocycles. The molecule has 1 aliphatic heterocycles. The third-order valence-electron chi connectivity index (χ3n) is 4.89. The van der Waals surface area contributed by atoms with Gasteiger partial charge in [0.25, 0.3) is 0 Å². The SMILES string of the molecule is FC(F)(F)c1ccc(CN=C2N[C@H](c3ccccc3)CN2c2ccccc2)cc1. The number of halogens is 3. The quantitative estimate of drug-likeness (QED) is 0.639. The van der Waals surface area contributed by atoms with Gasteiger partial charge in [-0.25, -0.2) is 4.99 Å². The van der Waals surface area contributed by atoms with Crippen LogP contribution < -0.4 is 10.2 Å². The Hall–Kier alpha value is -3.28. The topological polar surface area (TPSA) is 27.6 Å². The number of alkyl halides is 3. The number of aliphatic imine (C=N–C) groups is 1. The monoisotopic (exact) mass is 395 g/mol. The van der Waals surface area contributed by atoms with E-state index in [1.54, 1.807) is 0 Å². The lowest BCUT2D eigenvalue weighted by atomic mass is 10.1. The van der Waals surface area contributed by atoms with E-state index in [4.69, 9.17) is 0 Å². The molecular weight excluding hydrogens is 375 g/mol. The van der Waals surface area contributed by atoms with E-state index in [2.05, 4.69) is 27.3 Å². The molecule has 29 heavy (non-hydrogen) atoms. The van der Waals surface area contributed by atoms with Gasteiger partial charge < -0.3 is 10.2 Å². The summed E-state index contributed by atoms with van der Waals surface area (Å²) in [4.78, 5) is 6.77. The van der Waals surface area contributed by atoms with Crippen LogP contribution in [0.5, 0.6) is 0 Å². The molecule has 6 heteroatoms. The van der Waals surface area contributed by atoms with E-state index < -0.39 is 11.7 Å². The van der Waals surface area contributed by atoms with E-state index in [1.807, 2.05) is 48.5 Å². The fourth-order valence-corrected chi connectivity index (χ4v) is 3.35. The third kappa shape index (κ3) is 4.42. The van der Waals surface area contributed by atoms with Crippen molar-refractivity contribution in [2.45, 2.75) is 18.8 Å². The van der Waals surface area contributed by atoms with Crippen LogP contribution in [0.25, 0.3) is 0 Å². The van der Waals surface area contributed by atoms with Gasteiger partial charge in [0.2, 0.25) is 0 Å². The molecule has 4 rings (SSSR count). The van der Waals surface area contributed by atoms with Crippen LogP contribution >= 0.6 is 0 Å². The minimum Gasteiger partial charge on any atom is -0.347 e. The molecule has 1 aliphatic rings. The highest BCUT2D eigenvalue weighted by Crippen LogP contribution is 2.29. The first-order valence-electron chi connectivity index (χ1n) is 9.35. The summed E-state index contributed by atoms with van der Waals surface area (Å²) < 4.78 is 38.3. The van der Waals surface area contributed by atoms with Gasteiger partial charge >= 0.3 is 6.18 Å². The fourth-order valence-electron chi connectivity index (χ4n) is 3.35. The molecule has 1 heterocycles. The predicted octanol–water partition coefficient (Wildman–Crippen LogP) is 5.41. The summed E-state index contributed by atoms with van der Waals surface area (Å²) in [5.74, 6) is 0.713. The van der Waals surface area contributed by atoms with E-state index in [0.29, 0.717) is 12.5 Å². The summed E-state index contributed by atoms with van der Waals surface area (Å²) in [6.07, 6.45) is -4.33. The molecule has 3 aromatic carbocycles. The normalized spacial score (nSPS) is 18.1. The molecule has 0 aromatic heterocycles. The minimum absolute atomic E-state index is 0.0859. The summed E-state index contributed by atoms with van der Waals surface area (Å²) in [5, 5.41) is 3.46. The van der Waals surface area contributed by atoms with Crippen LogP contribution in [0.4, 0.5) is 18.9 Å². The molecule has 0 amide bonds. The molecule has 3 nitrogen and oxygen atoms in total. The summed E-state index contributed by atoms with van der Waals surface area (Å²) >= 11 is 0. The van der Waals surface area contributed by atoms with Crippen molar-refractivity contribution in [2.24, 2.45) is 4.99 Å². The number of hydrogen-bond acceptors (Lipinski definition) is 1. The second-order valence-corrected chi connectivity index (χ2v) is 6.89. The lowest BCUT2D eigenvalue weighted by molar-refractivity contribution is -0.137. The zero-order chi connectivity index (χ0) is 20.3. The van der Waals surface area contributed by atoms with Gasteiger partial charge in [0.05, 0.1) is 24.7 Å². The van der Waals surface area contributed by atoms with Crippen LogP contribution in [-0.2, 0) is 12.7 Å². The van der Waals surface area contributed by atoms with E-state index in [1.165, 1.54) is 12.1 Å². The second-order valence-electron chi connectivity index (χ2n) is 6.89. The van der Waals surface area contributed by atoms with Crippen LogP contribution in [0, 0.1) is 0 Å². The molecule has 0 saturated carbocycles. The van der Waals surface area contributed by atoms with Crippen molar-refractivity contribution in [3.63, 3.8) is 0 Å². The highest BCUT2D eigenvalue weighted by atomic mass is 19.4. The van der Waals surface area contributed by atoms with Crippen LogP contribution in [0.15, 0.2) is 89.9 Å². The van der Waals surface area contributed by atoms with Crippen molar-refractivity contribution in [1.82, 2.24) is 5.32 Å². The standard InChI is InChI=1S/C23H20F3N3/c24-23(25,26)19-13-11-17(12-14-19)15-27-22-28-21(18-7-3-1-4-8-18)16-29(22)20-9-5-2-6-10-20/h1-14,21H,15-16H2,(H,27,28)/t21-/m0/s1. The number of para-hydroxylation sites is 1. The Morgan fingerprint density at radius 3 is 2.10 bits per heavy atom. The first kappa shape index (κ1) is 19.1. The Bertz CT molecular complexity index is 968. The van der Waals surface area contributed by atoms with Gasteiger partial charge in [-0.1, -0.05) is 60.7 Å². The van der Waals surface area contributed by atoms with Crippen molar-refractivity contribution in [1.29, 1.82) is 0 Å². The Balaban J connectivity index is 1.57. The first-order valence-corrected chi connectivity index (χ1v) is 9.35. The Morgan fingerprint density at radius 1 is 0.862 bits per heavy atom. The molecule has 3 aromatic rings. The maximum absolute atomic E-state index is 12.8. The van der Waals surface area contributed by atoms with Crippen molar-refractivity contribution >= 4 is 11.6 Å². The zero-order valence-corrected chi connectivity index (χ0v) is 15.6. The van der Waals surface area contributed by atoms with Gasteiger partial charge in [-0.3, -0.25) is 0 Å². The van der Waals surface area contributed by atoms with Gasteiger partial charge in [0.1, 0.15) is 0 Å². The number of nitrogens with zero attached hydrogens (tertiary/aromatic N) is 2. The maximum atomic E-state index is 12.8. The average Bonchev–Trinajstić information content (AvgIpc) is 3.17. The summed E-state index contributed by atoms with van der Waals surface area (Å²) in [6, 6.07) is 25.3. The third-order valence-corrected chi connectivity index (χ3v) is 4.89. The highest BCUT2D eigenvalue weighted by Gasteiger charge is 2.30. The van der Waals surface area contributed by atoms with E-state index in [-0.39, 0.29) is 6.04 Å². The molecule has 1 atom stereocenters. The number of guanidine groups is 1. The second kappa shape index (κ2) is 7.99. The molecule has 0 unspecified atom stereocenters. The fraction of sp³-hybridized carbons (Fsp3) is 0.174. The van der Waals surface area contributed by atoms with Crippen molar-refractivity contribution in [3.05, 3.63) is 102 Å². The van der Waals surface area contributed by atoms with Gasteiger partial charge in [0.15, 0.2) is 5.96 Å². The van der Waals surface area contributed by atoms with Gasteiger partial charge in [-0.15, -0.1) is 0 Å². The van der Waals surface area contributed by atoms with Crippen LogP contribution in [0.2, 0.25) is 0 Å². The van der Waals surface area contributed by atoms with Crippen LogP contribution in [-0.4, -0.2) is 12.5 Å². The number of hydrogen-bond donors (Lipinski definition) is 1. The summed E-state index contributed by atoms with van der Waals surface area (Å²) in [7, 11) is 0. The van der Waals surface area contributed by atoms with Crippen LogP contribution in [0.1, 0.15) is 22.7 Å². The number of benzene rings is 3. The molecule has 1 N–H and O–H groups in total. The Kier molecular flexibility index (Phi) is 5.25. The largest absolute Gasteiger partial charge is 0.416 e. The molecular formula is C23H20F3N3. The van der Waals surface area contributed by atoms with E-state index in [9.17, 15) is 13.2 Å². The number of anilines is 1. The van der Waals surface area contributed by atoms with Crippen LogP contribution in [0.3, 0.4) is 0 Å². The molecule has 0 radical (unpaired) electrons. The lowest BCUT2D eigenvalue weighted by Gasteiger charge is -2.17. The molecule has 148 valence electrons. The lowest BCUT2D eigenvalue weighted by Crippen LogP contribution is -2.30. The number of nitrogens with one attached hydrogen (secondary N) is 1. The average molecular weight is 395 g/mol. The summed E-state index contributed by atoms with van der Waals surface area (Å²) in [6.45, 7) is 1.02. The highest BCUT2D eigenvalue weighted by molar-refractivity contribution is 5.98. The zero-order valence-electron chi connectivity index (χ0n) is 15.6. The first-order chi connectivity index (χ1) is 14.0. The smallest absolute Gasteiger partial charge is 0.347 e. The predicted molar refractivity (Wildman–Crippen MR) is 109 cm³/mol. The van der Waals surface area contributed by atoms with Crippen molar-refractivity contribution in [2.75, 3.05) is 11.4 Å². The maximum Gasteiger partial charge on any atom is 0.416 e. The van der Waals surface area contributed by atoms with Crippen molar-refractivity contribution < 1.29 is 13.2 Å².